The number of methoxy groups -OCH3 is 2. The van der Waals surface area contributed by atoms with Gasteiger partial charge in [-0.2, -0.15) is 0 Å². The Bertz CT molecular complexity index is 854. The number of rotatable bonds is 8. The van der Waals surface area contributed by atoms with E-state index in [9.17, 15) is 18.8 Å². The molecule has 28 heavy (non-hydrogen) atoms. The molecule has 0 aliphatic rings. The van der Waals surface area contributed by atoms with Crippen molar-refractivity contribution in [3.8, 4) is 11.5 Å². The number of hydrogen-bond acceptors (Lipinski definition) is 6. The number of hydrogen-bond donors (Lipinski definition) is 2. The lowest BCUT2D eigenvalue weighted by Crippen LogP contribution is -2.35. The molecule has 148 valence electrons. The molecule has 0 radical (unpaired) electrons. The summed E-state index contributed by atoms with van der Waals surface area (Å²) in [6.45, 7) is -0.905. The van der Waals surface area contributed by atoms with Crippen molar-refractivity contribution in [1.82, 2.24) is 5.32 Å². The van der Waals surface area contributed by atoms with E-state index in [-0.39, 0.29) is 17.9 Å². The minimum absolute atomic E-state index is 0.130. The van der Waals surface area contributed by atoms with Gasteiger partial charge < -0.3 is 24.8 Å². The van der Waals surface area contributed by atoms with Crippen molar-refractivity contribution < 1.29 is 33.0 Å². The highest BCUT2D eigenvalue weighted by atomic mass is 19.1. The summed E-state index contributed by atoms with van der Waals surface area (Å²) in [6, 6.07) is 9.68. The third-order valence-electron chi connectivity index (χ3n) is 3.54. The predicted octanol–water partition coefficient (Wildman–Crippen LogP) is 1.75. The molecule has 0 heterocycles. The number of amides is 2. The predicted molar refractivity (Wildman–Crippen MR) is 97.9 cm³/mol. The maximum Gasteiger partial charge on any atom is 0.342 e. The summed E-state index contributed by atoms with van der Waals surface area (Å²) in [7, 11) is 2.86. The van der Waals surface area contributed by atoms with E-state index in [4.69, 9.17) is 14.2 Å². The van der Waals surface area contributed by atoms with Crippen molar-refractivity contribution in [2.24, 2.45) is 0 Å². The van der Waals surface area contributed by atoms with Crippen LogP contribution in [0.15, 0.2) is 42.5 Å². The molecule has 0 fully saturated rings. The summed E-state index contributed by atoms with van der Waals surface area (Å²) in [5.41, 5.74) is 0.517. The summed E-state index contributed by atoms with van der Waals surface area (Å²) < 4.78 is 27.9. The first kappa shape index (κ1) is 20.7. The maximum atomic E-state index is 12.8. The summed E-state index contributed by atoms with van der Waals surface area (Å²) in [4.78, 5) is 35.6. The van der Waals surface area contributed by atoms with E-state index < -0.39 is 30.2 Å². The molecule has 0 aromatic heterocycles. The average molecular weight is 390 g/mol. The van der Waals surface area contributed by atoms with E-state index in [0.29, 0.717) is 11.4 Å². The second-order valence-electron chi connectivity index (χ2n) is 5.47. The standard InChI is InChI=1S/C19H19FN2O6/c1-26-14-7-8-15(16(9-14)27-2)19(25)28-11-18(24)21-10-17(23)22-13-5-3-12(20)4-6-13/h3-9H,10-11H2,1-2H3,(H,21,24)(H,22,23). The highest BCUT2D eigenvalue weighted by Crippen LogP contribution is 2.25. The number of esters is 1. The molecule has 2 aromatic rings. The lowest BCUT2D eigenvalue weighted by molar-refractivity contribution is -0.126. The van der Waals surface area contributed by atoms with Gasteiger partial charge in [0.05, 0.1) is 20.8 Å². The third kappa shape index (κ3) is 5.97. The van der Waals surface area contributed by atoms with Crippen LogP contribution in [0.2, 0.25) is 0 Å². The zero-order valence-electron chi connectivity index (χ0n) is 15.3. The third-order valence-corrected chi connectivity index (χ3v) is 3.54. The molecule has 0 aliphatic heterocycles. The van der Waals surface area contributed by atoms with Crippen LogP contribution in [-0.4, -0.2) is 45.2 Å². The minimum Gasteiger partial charge on any atom is -0.497 e. The Morgan fingerprint density at radius 2 is 1.68 bits per heavy atom. The van der Waals surface area contributed by atoms with Crippen molar-refractivity contribution in [2.75, 3.05) is 32.7 Å². The van der Waals surface area contributed by atoms with Crippen LogP contribution >= 0.6 is 0 Å². The molecular formula is C19H19FN2O6. The van der Waals surface area contributed by atoms with Gasteiger partial charge in [0.15, 0.2) is 6.61 Å². The first-order valence-corrected chi connectivity index (χ1v) is 8.14. The van der Waals surface area contributed by atoms with Crippen molar-refractivity contribution in [3.05, 3.63) is 53.8 Å². The Labute approximate surface area is 160 Å². The fourth-order valence-electron chi connectivity index (χ4n) is 2.14. The van der Waals surface area contributed by atoms with E-state index in [0.717, 1.165) is 0 Å². The second-order valence-corrected chi connectivity index (χ2v) is 5.47. The van der Waals surface area contributed by atoms with Gasteiger partial charge in [0.1, 0.15) is 22.9 Å². The number of carbonyl (C=O) groups is 3. The number of ether oxygens (including phenoxy) is 3. The zero-order chi connectivity index (χ0) is 20.5. The highest BCUT2D eigenvalue weighted by molar-refractivity contribution is 5.96. The van der Waals surface area contributed by atoms with Crippen LogP contribution in [0.5, 0.6) is 11.5 Å². The molecule has 0 aliphatic carbocycles. The van der Waals surface area contributed by atoms with Gasteiger partial charge in [0.2, 0.25) is 5.91 Å². The molecule has 2 aromatic carbocycles. The number of carbonyl (C=O) groups excluding carboxylic acids is 3. The minimum atomic E-state index is -0.759. The van der Waals surface area contributed by atoms with Crippen LogP contribution in [0.4, 0.5) is 10.1 Å². The fourth-order valence-corrected chi connectivity index (χ4v) is 2.14. The van der Waals surface area contributed by atoms with E-state index in [2.05, 4.69) is 10.6 Å². The highest BCUT2D eigenvalue weighted by Gasteiger charge is 2.16. The van der Waals surface area contributed by atoms with Gasteiger partial charge in [-0.3, -0.25) is 9.59 Å². The Hall–Kier alpha value is -3.62. The monoisotopic (exact) mass is 390 g/mol. The van der Waals surface area contributed by atoms with Crippen LogP contribution in [-0.2, 0) is 14.3 Å². The van der Waals surface area contributed by atoms with Gasteiger partial charge in [-0.1, -0.05) is 0 Å². The van der Waals surface area contributed by atoms with Gasteiger partial charge in [0.25, 0.3) is 5.91 Å². The first-order chi connectivity index (χ1) is 13.4. The molecule has 0 unspecified atom stereocenters. The SMILES string of the molecule is COc1ccc(C(=O)OCC(=O)NCC(=O)Nc2ccc(F)cc2)c(OC)c1. The van der Waals surface area contributed by atoms with Crippen molar-refractivity contribution >= 4 is 23.5 Å². The smallest absolute Gasteiger partial charge is 0.342 e. The van der Waals surface area contributed by atoms with Crippen LogP contribution in [0, 0.1) is 5.82 Å². The van der Waals surface area contributed by atoms with Crippen LogP contribution in [0.25, 0.3) is 0 Å². The molecule has 9 heteroatoms. The van der Waals surface area contributed by atoms with Gasteiger partial charge in [-0.05, 0) is 36.4 Å². The zero-order valence-corrected chi connectivity index (χ0v) is 15.3. The van der Waals surface area contributed by atoms with Gasteiger partial charge in [-0.25, -0.2) is 9.18 Å². The Morgan fingerprint density at radius 3 is 2.32 bits per heavy atom. The molecule has 0 spiro atoms. The number of halogens is 1. The van der Waals surface area contributed by atoms with E-state index >= 15 is 0 Å². The van der Waals surface area contributed by atoms with Gasteiger partial charge in [-0.15, -0.1) is 0 Å². The van der Waals surface area contributed by atoms with Crippen molar-refractivity contribution in [2.45, 2.75) is 0 Å². The summed E-state index contributed by atoms with van der Waals surface area (Å²) in [5.74, 6) is -1.62. The largest absolute Gasteiger partial charge is 0.497 e. The van der Waals surface area contributed by atoms with Crippen LogP contribution < -0.4 is 20.1 Å². The molecule has 2 rings (SSSR count). The molecule has 0 saturated carbocycles. The van der Waals surface area contributed by atoms with E-state index in [1.54, 1.807) is 6.07 Å². The number of nitrogens with one attached hydrogen (secondary N) is 2. The van der Waals surface area contributed by atoms with Crippen molar-refractivity contribution in [3.63, 3.8) is 0 Å². The quantitative estimate of drug-likeness (QED) is 0.666. The molecule has 8 nitrogen and oxygen atoms in total. The molecular weight excluding hydrogens is 371 g/mol. The van der Waals surface area contributed by atoms with E-state index in [1.807, 2.05) is 0 Å². The molecule has 2 amide bonds. The Morgan fingerprint density at radius 1 is 0.964 bits per heavy atom. The van der Waals surface area contributed by atoms with Gasteiger partial charge >= 0.3 is 5.97 Å². The van der Waals surface area contributed by atoms with Gasteiger partial charge in [0, 0.05) is 11.8 Å². The normalized spacial score (nSPS) is 9.96. The average Bonchev–Trinajstić information content (AvgIpc) is 2.71. The van der Waals surface area contributed by atoms with Crippen LogP contribution in [0.3, 0.4) is 0 Å². The lowest BCUT2D eigenvalue weighted by atomic mass is 10.2. The second kappa shape index (κ2) is 9.91. The fraction of sp³-hybridized carbons (Fsp3) is 0.211. The first-order valence-electron chi connectivity index (χ1n) is 8.14. The molecule has 2 N–H and O–H groups in total. The van der Waals surface area contributed by atoms with E-state index in [1.165, 1.54) is 50.6 Å². The molecule has 0 bridgehead atoms. The Balaban J connectivity index is 1.79. The lowest BCUT2D eigenvalue weighted by Gasteiger charge is -2.10. The number of benzene rings is 2. The van der Waals surface area contributed by atoms with Crippen molar-refractivity contribution in [1.29, 1.82) is 0 Å². The Kier molecular flexibility index (Phi) is 7.32. The molecule has 0 saturated heterocycles. The summed E-state index contributed by atoms with van der Waals surface area (Å²) in [6.07, 6.45) is 0. The maximum absolute atomic E-state index is 12.8. The number of anilines is 1. The topological polar surface area (TPSA) is 103 Å². The molecule has 0 atom stereocenters. The summed E-state index contributed by atoms with van der Waals surface area (Å²) >= 11 is 0. The van der Waals surface area contributed by atoms with Crippen LogP contribution in [0.1, 0.15) is 10.4 Å². The summed E-state index contributed by atoms with van der Waals surface area (Å²) in [5, 5.41) is 4.80.